The van der Waals surface area contributed by atoms with E-state index in [1.165, 1.54) is 0 Å². The van der Waals surface area contributed by atoms with Crippen molar-refractivity contribution in [1.82, 2.24) is 9.88 Å². The van der Waals surface area contributed by atoms with Crippen LogP contribution in [0.3, 0.4) is 0 Å². The van der Waals surface area contributed by atoms with Gasteiger partial charge in [-0.3, -0.25) is 9.78 Å². The van der Waals surface area contributed by atoms with Crippen molar-refractivity contribution in [3.8, 4) is 0 Å². The van der Waals surface area contributed by atoms with Gasteiger partial charge in [-0.1, -0.05) is 24.3 Å². The molecule has 1 saturated heterocycles. The van der Waals surface area contributed by atoms with E-state index in [1.54, 1.807) is 6.07 Å². The number of carbonyl (C=O) groups is 2. The van der Waals surface area contributed by atoms with Gasteiger partial charge in [0.1, 0.15) is 6.61 Å². The van der Waals surface area contributed by atoms with E-state index in [4.69, 9.17) is 9.47 Å². The van der Waals surface area contributed by atoms with E-state index < -0.39 is 5.60 Å². The summed E-state index contributed by atoms with van der Waals surface area (Å²) in [5.41, 5.74) is 3.39. The molecule has 29 heavy (non-hydrogen) atoms. The fourth-order valence-electron chi connectivity index (χ4n) is 4.26. The number of piperidine rings is 1. The Labute approximate surface area is 168 Å². The van der Waals surface area contributed by atoms with E-state index in [0.717, 1.165) is 22.5 Å². The highest BCUT2D eigenvalue weighted by Crippen LogP contribution is 2.43. The lowest BCUT2D eigenvalue weighted by atomic mass is 9.87. The number of amides is 1. The van der Waals surface area contributed by atoms with Gasteiger partial charge in [-0.2, -0.15) is 4.99 Å². The summed E-state index contributed by atoms with van der Waals surface area (Å²) in [5, 5.41) is 0. The molecule has 1 amide bonds. The molecule has 0 bridgehead atoms. The average Bonchev–Trinajstić information content (AvgIpc) is 2.96. The quantitative estimate of drug-likeness (QED) is 0.642. The van der Waals surface area contributed by atoms with Crippen molar-refractivity contribution in [2.75, 3.05) is 13.1 Å². The van der Waals surface area contributed by atoms with Gasteiger partial charge in [0.25, 0.3) is 11.9 Å². The molecule has 0 N–H and O–H groups in total. The van der Waals surface area contributed by atoms with Crippen LogP contribution in [0, 0.1) is 6.92 Å². The lowest BCUT2D eigenvalue weighted by molar-refractivity contribution is -0.117. The van der Waals surface area contributed by atoms with Crippen LogP contribution in [-0.2, 0) is 32.9 Å². The van der Waals surface area contributed by atoms with Crippen molar-refractivity contribution in [2.45, 2.75) is 38.4 Å². The summed E-state index contributed by atoms with van der Waals surface area (Å²) in [6.07, 6.45) is 1.43. The van der Waals surface area contributed by atoms with Crippen molar-refractivity contribution < 1.29 is 19.1 Å². The van der Waals surface area contributed by atoms with Crippen molar-refractivity contribution in [3.05, 3.63) is 64.5 Å². The Morgan fingerprint density at radius 2 is 1.79 bits per heavy atom. The molecule has 3 aliphatic heterocycles. The molecule has 4 heterocycles. The fraction of sp³-hybridized carbons (Fsp3) is 0.364. The van der Waals surface area contributed by atoms with Gasteiger partial charge in [0.15, 0.2) is 5.60 Å². The lowest BCUT2D eigenvalue weighted by Gasteiger charge is -2.38. The number of aryl methyl sites for hydroxylation is 1. The van der Waals surface area contributed by atoms with Crippen molar-refractivity contribution in [3.63, 3.8) is 0 Å². The minimum atomic E-state index is -0.701. The topological polar surface area (TPSA) is 81.1 Å². The summed E-state index contributed by atoms with van der Waals surface area (Å²) in [6, 6.07) is 11.7. The van der Waals surface area contributed by atoms with Crippen molar-refractivity contribution in [1.29, 1.82) is 0 Å². The summed E-state index contributed by atoms with van der Waals surface area (Å²) in [7, 11) is 0. The van der Waals surface area contributed by atoms with Crippen LogP contribution in [0.4, 0.5) is 0 Å². The van der Waals surface area contributed by atoms with Crippen LogP contribution in [0.25, 0.3) is 0 Å². The zero-order valence-corrected chi connectivity index (χ0v) is 16.2. The summed E-state index contributed by atoms with van der Waals surface area (Å²) < 4.78 is 11.7. The highest BCUT2D eigenvalue weighted by atomic mass is 16.6. The minimum absolute atomic E-state index is 0.220. The molecule has 1 aromatic carbocycles. The number of carbonyl (C=O) groups excluding carboxylic acids is 2. The molecule has 7 heteroatoms. The molecule has 0 aliphatic carbocycles. The van der Waals surface area contributed by atoms with Crippen LogP contribution in [-0.4, -0.2) is 40.9 Å². The Hall–Kier alpha value is -3.22. The highest BCUT2D eigenvalue weighted by Gasteiger charge is 2.49. The van der Waals surface area contributed by atoms with Crippen LogP contribution < -0.4 is 0 Å². The summed E-state index contributed by atoms with van der Waals surface area (Å²) in [5.74, 6) is -0.533. The number of hydrogen-bond acceptors (Lipinski definition) is 6. The fourth-order valence-corrected chi connectivity index (χ4v) is 4.26. The second kappa shape index (κ2) is 6.69. The summed E-state index contributed by atoms with van der Waals surface area (Å²) in [6.45, 7) is 3.42. The monoisotopic (exact) mass is 391 g/mol. The Balaban J connectivity index is 1.35. The van der Waals surface area contributed by atoms with Gasteiger partial charge in [0.05, 0.1) is 17.7 Å². The number of benzene rings is 1. The zero-order valence-electron chi connectivity index (χ0n) is 16.2. The molecular formula is C22H21N3O4. The van der Waals surface area contributed by atoms with Gasteiger partial charge in [-0.05, 0) is 30.2 Å². The molecule has 1 aromatic heterocycles. The van der Waals surface area contributed by atoms with Crippen LogP contribution >= 0.6 is 0 Å². The predicted molar refractivity (Wildman–Crippen MR) is 104 cm³/mol. The Kier molecular flexibility index (Phi) is 4.12. The lowest BCUT2D eigenvalue weighted by Crippen LogP contribution is -2.46. The van der Waals surface area contributed by atoms with E-state index in [2.05, 4.69) is 9.98 Å². The van der Waals surface area contributed by atoms with Crippen LogP contribution in [0.2, 0.25) is 0 Å². The van der Waals surface area contributed by atoms with Crippen molar-refractivity contribution >= 4 is 17.9 Å². The molecule has 0 radical (unpaired) electrons. The maximum atomic E-state index is 12.4. The number of hydrogen-bond donors (Lipinski definition) is 0. The zero-order chi connectivity index (χ0) is 20.0. The van der Waals surface area contributed by atoms with Crippen molar-refractivity contribution in [2.24, 2.45) is 4.99 Å². The first-order valence-electron chi connectivity index (χ1n) is 9.82. The van der Waals surface area contributed by atoms with Gasteiger partial charge in [-0.25, -0.2) is 4.79 Å². The van der Waals surface area contributed by atoms with Crippen LogP contribution in [0.15, 0.2) is 41.4 Å². The Morgan fingerprint density at radius 3 is 2.59 bits per heavy atom. The first-order valence-corrected chi connectivity index (χ1v) is 9.82. The van der Waals surface area contributed by atoms with Gasteiger partial charge < -0.3 is 14.4 Å². The number of aromatic nitrogens is 1. The first kappa shape index (κ1) is 17.8. The smallest absolute Gasteiger partial charge is 0.341 e. The second-order valence-electron chi connectivity index (χ2n) is 7.74. The van der Waals surface area contributed by atoms with Gasteiger partial charge in [-0.15, -0.1) is 0 Å². The van der Waals surface area contributed by atoms with E-state index in [0.29, 0.717) is 44.1 Å². The summed E-state index contributed by atoms with van der Waals surface area (Å²) >= 11 is 0. The minimum Gasteiger partial charge on any atom is -0.460 e. The second-order valence-corrected chi connectivity index (χ2v) is 7.74. The molecule has 2 aromatic rings. The molecule has 0 atom stereocenters. The van der Waals surface area contributed by atoms with E-state index in [1.807, 2.05) is 42.2 Å². The molecule has 7 nitrogen and oxygen atoms in total. The third-order valence-electron chi connectivity index (χ3n) is 5.85. The number of nitrogens with zero attached hydrogens (tertiary/aromatic N) is 3. The molecule has 5 rings (SSSR count). The largest absolute Gasteiger partial charge is 0.460 e. The highest BCUT2D eigenvalue weighted by molar-refractivity contribution is 5.94. The number of fused-ring (bicyclic) bond motifs is 3. The predicted octanol–water partition coefficient (Wildman–Crippen LogP) is 2.51. The maximum absolute atomic E-state index is 12.4. The first-order chi connectivity index (χ1) is 14.0. The Bertz CT molecular complexity index is 1040. The molecule has 3 aliphatic rings. The number of pyridine rings is 1. The number of amidine groups is 1. The van der Waals surface area contributed by atoms with Crippen LogP contribution in [0.5, 0.6) is 0 Å². The third-order valence-corrected chi connectivity index (χ3v) is 5.85. The normalized spacial score (nSPS) is 22.0. The van der Waals surface area contributed by atoms with Gasteiger partial charge in [0.2, 0.25) is 0 Å². The number of likely N-dealkylation sites (tertiary alicyclic amines) is 1. The number of rotatable bonds is 0. The maximum Gasteiger partial charge on any atom is 0.341 e. The summed E-state index contributed by atoms with van der Waals surface area (Å²) in [4.78, 5) is 35.4. The van der Waals surface area contributed by atoms with Gasteiger partial charge >= 0.3 is 5.97 Å². The van der Waals surface area contributed by atoms with Gasteiger partial charge in [0, 0.05) is 31.6 Å². The van der Waals surface area contributed by atoms with E-state index >= 15 is 0 Å². The molecule has 0 saturated carbocycles. The Morgan fingerprint density at radius 1 is 1.03 bits per heavy atom. The number of aliphatic imine (C=N–C) groups is 1. The SMILES string of the molecule is Cc1ccc2c(n1)C1(CCN(/C3=N/C(=O)Cc4ccccc4CO3)CC1)OC2=O. The third kappa shape index (κ3) is 3.06. The molecule has 148 valence electrons. The number of esters is 1. The van der Waals surface area contributed by atoms with E-state index in [9.17, 15) is 9.59 Å². The molecule has 1 fully saturated rings. The molecule has 1 spiro atoms. The number of ether oxygens (including phenoxy) is 2. The molecular weight excluding hydrogens is 370 g/mol. The van der Waals surface area contributed by atoms with E-state index in [-0.39, 0.29) is 18.3 Å². The van der Waals surface area contributed by atoms with Crippen LogP contribution in [0.1, 0.15) is 45.7 Å². The average molecular weight is 391 g/mol. The standard InChI is InChI=1S/C22H21N3O4/c1-14-6-7-17-19(23-14)22(29-20(17)27)8-10-25(11-9-22)21-24-18(26)12-15-4-2-3-5-16(15)13-28-21/h2-7H,8-13H2,1H3/b24-21-. The molecule has 0 unspecified atom stereocenters.